The molecular weight excluding hydrogens is 282 g/mol. The van der Waals surface area contributed by atoms with Gasteiger partial charge in [0.15, 0.2) is 0 Å². The summed E-state index contributed by atoms with van der Waals surface area (Å²) in [6.45, 7) is 1.71. The van der Waals surface area contributed by atoms with E-state index in [0.717, 1.165) is 0 Å². The zero-order valence-electron chi connectivity index (χ0n) is 12.0. The summed E-state index contributed by atoms with van der Waals surface area (Å²) in [5.41, 5.74) is 5.40. The van der Waals surface area contributed by atoms with Crippen molar-refractivity contribution in [1.29, 1.82) is 0 Å². The second-order valence-corrected chi connectivity index (χ2v) is 4.41. The first-order valence-electron chi connectivity index (χ1n) is 6.38. The van der Waals surface area contributed by atoms with Crippen molar-refractivity contribution in [1.82, 2.24) is 10.6 Å². The fraction of sp³-hybridized carbons (Fsp3) is 0.667. The van der Waals surface area contributed by atoms with Crippen molar-refractivity contribution in [3.05, 3.63) is 0 Å². The minimum absolute atomic E-state index is 0.197. The molecule has 9 heteroatoms. The maximum Gasteiger partial charge on any atom is 0.328 e. The Hall–Kier alpha value is -2.16. The number of ether oxygens (including phenoxy) is 1. The zero-order valence-corrected chi connectivity index (χ0v) is 12.0. The molecule has 0 rings (SSSR count). The average molecular weight is 303 g/mol. The molecule has 0 unspecified atom stereocenters. The summed E-state index contributed by atoms with van der Waals surface area (Å²) in [7, 11) is 1.17. The number of aliphatic carboxylic acids is 1. The molecule has 2 amide bonds. The van der Waals surface area contributed by atoms with Gasteiger partial charge < -0.3 is 26.2 Å². The highest BCUT2D eigenvalue weighted by molar-refractivity contribution is 5.89. The fourth-order valence-electron chi connectivity index (χ4n) is 1.52. The Morgan fingerprint density at radius 1 is 1.29 bits per heavy atom. The molecule has 0 aliphatic rings. The Balaban J connectivity index is 4.41. The molecule has 2 atom stereocenters. The van der Waals surface area contributed by atoms with Crippen LogP contribution in [0.3, 0.4) is 0 Å². The molecule has 9 nitrogen and oxygen atoms in total. The molecule has 0 fully saturated rings. The van der Waals surface area contributed by atoms with Gasteiger partial charge in [0.1, 0.15) is 6.04 Å². The highest BCUT2D eigenvalue weighted by Crippen LogP contribution is 2.01. The van der Waals surface area contributed by atoms with Crippen LogP contribution in [0.4, 0.5) is 0 Å². The van der Waals surface area contributed by atoms with Gasteiger partial charge in [-0.1, -0.05) is 0 Å². The van der Waals surface area contributed by atoms with Crippen molar-refractivity contribution >= 4 is 23.8 Å². The number of methoxy groups -OCH3 is 1. The average Bonchev–Trinajstić information content (AvgIpc) is 2.39. The van der Waals surface area contributed by atoms with E-state index in [1.54, 1.807) is 0 Å². The fourth-order valence-corrected chi connectivity index (χ4v) is 1.52. The summed E-state index contributed by atoms with van der Waals surface area (Å²) < 4.78 is 4.55. The van der Waals surface area contributed by atoms with Crippen LogP contribution < -0.4 is 16.4 Å². The van der Waals surface area contributed by atoms with E-state index >= 15 is 0 Å². The molecule has 0 radical (unpaired) electrons. The molecule has 0 bridgehead atoms. The van der Waals surface area contributed by atoms with Gasteiger partial charge in [-0.05, 0) is 12.8 Å². The lowest BCUT2D eigenvalue weighted by atomic mass is 10.1. The molecule has 0 saturated carbocycles. The predicted molar refractivity (Wildman–Crippen MR) is 72.1 cm³/mol. The van der Waals surface area contributed by atoms with Crippen molar-refractivity contribution in [2.24, 2.45) is 5.73 Å². The number of esters is 1. The summed E-state index contributed by atoms with van der Waals surface area (Å²) in [4.78, 5) is 44.4. The normalized spacial score (nSPS) is 12.9. The summed E-state index contributed by atoms with van der Waals surface area (Å²) in [5.74, 6) is -2.81. The van der Waals surface area contributed by atoms with Gasteiger partial charge in [-0.15, -0.1) is 0 Å². The molecule has 0 heterocycles. The van der Waals surface area contributed by atoms with Gasteiger partial charge >= 0.3 is 11.9 Å². The second kappa shape index (κ2) is 9.70. The van der Waals surface area contributed by atoms with Gasteiger partial charge in [-0.2, -0.15) is 0 Å². The van der Waals surface area contributed by atoms with E-state index in [2.05, 4.69) is 15.4 Å². The van der Waals surface area contributed by atoms with Gasteiger partial charge in [0, 0.05) is 13.5 Å². The summed E-state index contributed by atoms with van der Waals surface area (Å²) >= 11 is 0. The number of carbonyl (C=O) groups is 4. The molecule has 0 aliphatic carbocycles. The number of carboxylic acids is 1. The first-order valence-corrected chi connectivity index (χ1v) is 6.38. The lowest BCUT2D eigenvalue weighted by Crippen LogP contribution is -2.49. The molecule has 0 aromatic heterocycles. The highest BCUT2D eigenvalue weighted by Gasteiger charge is 2.25. The Kier molecular flexibility index (Phi) is 8.70. The topological polar surface area (TPSA) is 148 Å². The van der Waals surface area contributed by atoms with Crippen molar-refractivity contribution in [3.8, 4) is 0 Å². The Bertz CT molecular complexity index is 398. The summed E-state index contributed by atoms with van der Waals surface area (Å²) in [5, 5.41) is 13.5. The lowest BCUT2D eigenvalue weighted by Gasteiger charge is -2.18. The van der Waals surface area contributed by atoms with Crippen molar-refractivity contribution in [2.75, 3.05) is 13.7 Å². The number of nitrogens with two attached hydrogens (primary N) is 1. The maximum atomic E-state index is 11.7. The Morgan fingerprint density at radius 2 is 1.90 bits per heavy atom. The third-order valence-electron chi connectivity index (χ3n) is 2.58. The van der Waals surface area contributed by atoms with Crippen molar-refractivity contribution < 1.29 is 29.0 Å². The quantitative estimate of drug-likeness (QED) is 0.295. The smallest absolute Gasteiger partial charge is 0.328 e. The van der Waals surface area contributed by atoms with E-state index in [4.69, 9.17) is 10.8 Å². The van der Waals surface area contributed by atoms with Crippen LogP contribution in [0.15, 0.2) is 0 Å². The van der Waals surface area contributed by atoms with Crippen LogP contribution in [-0.2, 0) is 23.9 Å². The van der Waals surface area contributed by atoms with E-state index in [0.29, 0.717) is 13.0 Å². The first kappa shape index (κ1) is 18.8. The minimum Gasteiger partial charge on any atom is -0.481 e. The van der Waals surface area contributed by atoms with Crippen LogP contribution >= 0.6 is 0 Å². The SMILES string of the molecule is COC(=O)[C@H](CCCNC(C)=O)NC(=O)[C@@H](N)CC(=O)O. The maximum absolute atomic E-state index is 11.7. The third-order valence-corrected chi connectivity index (χ3v) is 2.58. The van der Waals surface area contributed by atoms with Gasteiger partial charge in [-0.25, -0.2) is 4.79 Å². The number of carbonyl (C=O) groups excluding carboxylic acids is 3. The molecule has 0 spiro atoms. The monoisotopic (exact) mass is 303 g/mol. The van der Waals surface area contributed by atoms with Gasteiger partial charge in [0.05, 0.1) is 19.6 Å². The largest absolute Gasteiger partial charge is 0.481 e. The highest BCUT2D eigenvalue weighted by atomic mass is 16.5. The Labute approximate surface area is 122 Å². The van der Waals surface area contributed by atoms with Crippen LogP contribution in [0.2, 0.25) is 0 Å². The minimum atomic E-state index is -1.25. The third kappa shape index (κ3) is 8.58. The van der Waals surface area contributed by atoms with Crippen LogP contribution in [0.25, 0.3) is 0 Å². The molecule has 21 heavy (non-hydrogen) atoms. The summed E-state index contributed by atoms with van der Waals surface area (Å²) in [6.07, 6.45) is 0.137. The Morgan fingerprint density at radius 3 is 2.38 bits per heavy atom. The molecular formula is C12H21N3O6. The first-order chi connectivity index (χ1) is 9.77. The van der Waals surface area contributed by atoms with E-state index in [9.17, 15) is 19.2 Å². The van der Waals surface area contributed by atoms with Gasteiger partial charge in [0.2, 0.25) is 11.8 Å². The second-order valence-electron chi connectivity index (χ2n) is 4.41. The molecule has 0 aromatic rings. The number of carboxylic acid groups (broad SMARTS) is 1. The van der Waals surface area contributed by atoms with Crippen molar-refractivity contribution in [3.63, 3.8) is 0 Å². The predicted octanol–water partition coefficient (Wildman–Crippen LogP) is -1.64. The zero-order chi connectivity index (χ0) is 16.4. The molecule has 0 saturated heterocycles. The van der Waals surface area contributed by atoms with Crippen LogP contribution in [0.5, 0.6) is 0 Å². The van der Waals surface area contributed by atoms with Crippen LogP contribution in [-0.4, -0.2) is 54.6 Å². The molecule has 0 aromatic carbocycles. The number of hydrogen-bond acceptors (Lipinski definition) is 6. The van der Waals surface area contributed by atoms with E-state index in [1.165, 1.54) is 14.0 Å². The number of nitrogens with one attached hydrogen (secondary N) is 2. The van der Waals surface area contributed by atoms with Crippen LogP contribution in [0.1, 0.15) is 26.2 Å². The van der Waals surface area contributed by atoms with E-state index in [1.807, 2.05) is 0 Å². The number of amides is 2. The standard InChI is InChI=1S/C12H21N3O6/c1-7(16)14-5-3-4-9(12(20)21-2)15-11(19)8(13)6-10(17)18/h8-9H,3-6,13H2,1-2H3,(H,14,16)(H,15,19)(H,17,18)/t8-,9-/m0/s1. The lowest BCUT2D eigenvalue weighted by molar-refractivity contribution is -0.145. The molecule has 120 valence electrons. The van der Waals surface area contributed by atoms with Gasteiger partial charge in [0.25, 0.3) is 0 Å². The number of rotatable bonds is 9. The van der Waals surface area contributed by atoms with Gasteiger partial charge in [-0.3, -0.25) is 14.4 Å². The number of hydrogen-bond donors (Lipinski definition) is 4. The molecule has 5 N–H and O–H groups in total. The summed E-state index contributed by atoms with van der Waals surface area (Å²) in [6, 6.07) is -2.18. The van der Waals surface area contributed by atoms with E-state index in [-0.39, 0.29) is 12.3 Å². The van der Waals surface area contributed by atoms with Crippen molar-refractivity contribution in [2.45, 2.75) is 38.3 Å². The molecule has 0 aliphatic heterocycles. The van der Waals surface area contributed by atoms with Crippen LogP contribution in [0, 0.1) is 0 Å². The van der Waals surface area contributed by atoms with E-state index < -0.39 is 36.4 Å².